The summed E-state index contributed by atoms with van der Waals surface area (Å²) >= 11 is 0. The Morgan fingerprint density at radius 3 is 1.50 bits per heavy atom. The minimum absolute atomic E-state index is 0. The Morgan fingerprint density at radius 1 is 0.727 bits per heavy atom. The van der Waals surface area contributed by atoms with Crippen LogP contribution in [0.15, 0.2) is 60.7 Å². The van der Waals surface area contributed by atoms with Crippen LogP contribution in [0.25, 0.3) is 0 Å². The van der Waals surface area contributed by atoms with E-state index in [0.29, 0.717) is 0 Å². The van der Waals surface area contributed by atoms with Crippen LogP contribution < -0.4 is 4.74 Å². The monoisotopic (exact) mass is 334 g/mol. The molecule has 0 aliphatic rings. The molecule has 22 heavy (non-hydrogen) atoms. The Hall–Kier alpha value is -2.01. The Balaban J connectivity index is -0.000000463. The quantitative estimate of drug-likeness (QED) is 0.623. The molecule has 0 saturated carbocycles. The molecule has 0 fully saturated rings. The van der Waals surface area contributed by atoms with Gasteiger partial charge in [-0.15, -0.1) is 0 Å². The van der Waals surface area contributed by atoms with Gasteiger partial charge in [-0.2, -0.15) is 0 Å². The van der Waals surface area contributed by atoms with Gasteiger partial charge < -0.3 is 4.74 Å². The summed E-state index contributed by atoms with van der Waals surface area (Å²) in [5.41, 5.74) is 1.20. The van der Waals surface area contributed by atoms with Crippen LogP contribution in [0, 0.1) is 20.0 Å². The fraction of sp³-hybridized carbons (Fsp3) is 0.118. The van der Waals surface area contributed by atoms with Crippen molar-refractivity contribution in [3.63, 3.8) is 0 Å². The molecule has 2 aromatic carbocycles. The van der Waals surface area contributed by atoms with Gasteiger partial charge in [-0.3, -0.25) is 0 Å². The van der Waals surface area contributed by atoms with Crippen molar-refractivity contribution in [2.75, 3.05) is 0 Å². The van der Waals surface area contributed by atoms with Crippen molar-refractivity contribution >= 4 is 0 Å². The molecule has 112 valence electrons. The minimum Gasteiger partial charge on any atom is 0 e. The zero-order valence-electron chi connectivity index (χ0n) is 11.9. The summed E-state index contributed by atoms with van der Waals surface area (Å²) in [6.45, 7) is 15.6. The summed E-state index contributed by atoms with van der Waals surface area (Å²) < 4.78 is 28.3. The Labute approximate surface area is 141 Å². The van der Waals surface area contributed by atoms with Gasteiger partial charge in [0.15, 0.2) is 0 Å². The van der Waals surface area contributed by atoms with Gasteiger partial charge in [0.2, 0.25) is 0 Å². The van der Waals surface area contributed by atoms with E-state index in [9.17, 15) is 0 Å². The summed E-state index contributed by atoms with van der Waals surface area (Å²) in [7, 11) is 0. The molecular formula is C17H14CrO4. The van der Waals surface area contributed by atoms with E-state index in [1.165, 1.54) is 5.56 Å². The first kappa shape index (κ1) is 25.0. The van der Waals surface area contributed by atoms with Gasteiger partial charge in [-0.05, 0) is 24.6 Å². The van der Waals surface area contributed by atoms with Crippen molar-refractivity contribution in [3.05, 3.63) is 86.2 Å². The van der Waals surface area contributed by atoms with Crippen LogP contribution in [-0.2, 0) is 31.3 Å². The average Bonchev–Trinajstić information content (AvgIpc) is 2.62. The zero-order valence-corrected chi connectivity index (χ0v) is 13.2. The van der Waals surface area contributed by atoms with E-state index in [4.69, 9.17) is 18.7 Å². The molecule has 0 radical (unpaired) electrons. The molecule has 0 amide bonds. The molecule has 1 atom stereocenters. The zero-order chi connectivity index (χ0) is 16.5. The second kappa shape index (κ2) is 19.0. The Kier molecular flexibility index (Phi) is 21.6. The predicted octanol–water partition coefficient (Wildman–Crippen LogP) is 3.71. The van der Waals surface area contributed by atoms with Crippen molar-refractivity contribution in [3.8, 4) is 5.75 Å². The van der Waals surface area contributed by atoms with E-state index in [2.05, 4.69) is 39.0 Å². The van der Waals surface area contributed by atoms with Gasteiger partial charge in [0.05, 0.1) is 0 Å². The first-order chi connectivity index (χ1) is 10.4. The molecule has 0 aliphatic heterocycles. The van der Waals surface area contributed by atoms with Gasteiger partial charge >= 0.3 is 33.9 Å². The van der Waals surface area contributed by atoms with Crippen LogP contribution in [0.3, 0.4) is 0 Å². The molecule has 2 rings (SSSR count). The second-order valence-electron chi connectivity index (χ2n) is 3.48. The van der Waals surface area contributed by atoms with E-state index in [1.54, 1.807) is 0 Å². The molecule has 0 unspecified atom stereocenters. The fourth-order valence-electron chi connectivity index (χ4n) is 1.50. The van der Waals surface area contributed by atoms with Gasteiger partial charge in [-0.25, -0.2) is 0 Å². The van der Waals surface area contributed by atoms with Gasteiger partial charge in [0, 0.05) is 17.4 Å². The summed E-state index contributed by atoms with van der Waals surface area (Å²) in [5, 5.41) is 0. The van der Waals surface area contributed by atoms with Crippen LogP contribution in [0.2, 0.25) is 0 Å². The number of rotatable bonds is 3. The third kappa shape index (κ3) is 10.7. The minimum atomic E-state index is 0. The SMILES string of the molecule is C[C@H](Oc1ccccc1)c1ccccc1.[C-]#[O+].[C-]#[O+].[C-]#[O+].[Cr]. The van der Waals surface area contributed by atoms with E-state index in [1.807, 2.05) is 48.5 Å². The van der Waals surface area contributed by atoms with Crippen molar-refractivity contribution in [2.24, 2.45) is 0 Å². The number of ether oxygens (including phenoxy) is 1. The molecule has 4 nitrogen and oxygen atoms in total. The maximum absolute atomic E-state index is 7.50. The van der Waals surface area contributed by atoms with Gasteiger partial charge in [0.25, 0.3) is 0 Å². The summed E-state index contributed by atoms with van der Waals surface area (Å²) in [6.07, 6.45) is 0.0913. The molecule has 0 heterocycles. The maximum Gasteiger partial charge on any atom is 0 e. The molecule has 0 N–H and O–H groups in total. The predicted molar refractivity (Wildman–Crippen MR) is 73.7 cm³/mol. The second-order valence-corrected chi connectivity index (χ2v) is 3.48. The summed E-state index contributed by atoms with van der Waals surface area (Å²) in [4.78, 5) is 0. The van der Waals surface area contributed by atoms with Crippen molar-refractivity contribution in [1.29, 1.82) is 0 Å². The van der Waals surface area contributed by atoms with Crippen LogP contribution >= 0.6 is 0 Å². The van der Waals surface area contributed by atoms with E-state index in [0.717, 1.165) is 5.75 Å². The van der Waals surface area contributed by atoms with Crippen molar-refractivity contribution in [2.45, 2.75) is 13.0 Å². The molecule has 0 spiro atoms. The third-order valence-electron chi connectivity index (χ3n) is 2.33. The topological polar surface area (TPSA) is 68.9 Å². The van der Waals surface area contributed by atoms with E-state index < -0.39 is 0 Å². The maximum atomic E-state index is 7.50. The molecule has 5 heteroatoms. The van der Waals surface area contributed by atoms with Crippen molar-refractivity contribution in [1.82, 2.24) is 0 Å². The first-order valence-corrected chi connectivity index (χ1v) is 5.74. The van der Waals surface area contributed by atoms with Crippen LogP contribution in [0.5, 0.6) is 5.75 Å². The van der Waals surface area contributed by atoms with Crippen LogP contribution in [0.1, 0.15) is 18.6 Å². The summed E-state index contributed by atoms with van der Waals surface area (Å²) in [6, 6.07) is 20.1. The third-order valence-corrected chi connectivity index (χ3v) is 2.33. The largest absolute Gasteiger partial charge is 0 e. The van der Waals surface area contributed by atoms with Crippen molar-refractivity contribution < 1.29 is 36.1 Å². The average molecular weight is 334 g/mol. The number of benzene rings is 2. The molecule has 0 saturated heterocycles. The van der Waals surface area contributed by atoms with Gasteiger partial charge in [-0.1, -0.05) is 48.5 Å². The van der Waals surface area contributed by atoms with E-state index in [-0.39, 0.29) is 23.5 Å². The smallest absolute Gasteiger partial charge is 0 e. The first-order valence-electron chi connectivity index (χ1n) is 5.74. The molecule has 0 bridgehead atoms. The Bertz CT molecular complexity index is 506. The molecule has 0 aromatic heterocycles. The van der Waals surface area contributed by atoms with Crippen LogP contribution in [-0.4, -0.2) is 0 Å². The van der Waals surface area contributed by atoms with Gasteiger partial charge in [0.1, 0.15) is 11.9 Å². The van der Waals surface area contributed by atoms with E-state index >= 15 is 0 Å². The number of para-hydroxylation sites is 1. The molecule has 0 aliphatic carbocycles. The number of hydrogen-bond donors (Lipinski definition) is 0. The van der Waals surface area contributed by atoms with Crippen LogP contribution in [0.4, 0.5) is 0 Å². The number of hydrogen-bond acceptors (Lipinski definition) is 1. The standard InChI is InChI=1S/C14H14O.3CO.Cr/c1-12(13-8-4-2-5-9-13)15-14-10-6-3-7-11-14;3*1-2;/h2-12H,1H3;;;;/t12-;;;;/m0..../s1. The normalized spacial score (nSPS) is 8.50. The molecular weight excluding hydrogens is 320 g/mol. The molecule has 2 aromatic rings. The summed E-state index contributed by atoms with van der Waals surface area (Å²) in [5.74, 6) is 0.911. The Morgan fingerprint density at radius 2 is 1.09 bits per heavy atom. The fourth-order valence-corrected chi connectivity index (χ4v) is 1.50.